The number of aromatic nitrogens is 1. The number of rotatable bonds is 3. The van der Waals surface area contributed by atoms with Crippen LogP contribution in [0.25, 0.3) is 0 Å². The summed E-state index contributed by atoms with van der Waals surface area (Å²) in [5.41, 5.74) is 5.89. The zero-order valence-electron chi connectivity index (χ0n) is 6.50. The van der Waals surface area contributed by atoms with Gasteiger partial charge in [0.15, 0.2) is 0 Å². The third kappa shape index (κ3) is 2.43. The topological polar surface area (TPSA) is 38.9 Å². The first-order chi connectivity index (χ1) is 5.74. The molecule has 1 heterocycles. The Morgan fingerprint density at radius 3 is 3.00 bits per heavy atom. The minimum Gasteiger partial charge on any atom is -0.328 e. The van der Waals surface area contributed by atoms with Crippen molar-refractivity contribution in [1.29, 1.82) is 0 Å². The van der Waals surface area contributed by atoms with E-state index < -0.39 is 6.17 Å². The van der Waals surface area contributed by atoms with E-state index in [9.17, 15) is 4.39 Å². The molecule has 0 amide bonds. The summed E-state index contributed by atoms with van der Waals surface area (Å²) in [5.74, 6) is 0. The number of halogens is 2. The van der Waals surface area contributed by atoms with E-state index in [1.54, 1.807) is 12.3 Å². The van der Waals surface area contributed by atoms with Crippen LogP contribution in [0.1, 0.15) is 5.56 Å². The van der Waals surface area contributed by atoms with Crippen molar-refractivity contribution in [3.63, 3.8) is 0 Å². The van der Waals surface area contributed by atoms with Crippen LogP contribution in [0.5, 0.6) is 0 Å². The van der Waals surface area contributed by atoms with Crippen LogP contribution in [0, 0.1) is 0 Å². The zero-order valence-corrected chi connectivity index (χ0v) is 7.26. The SMILES string of the molecule is NCC(F)Cc1ccncc1Cl. The zero-order chi connectivity index (χ0) is 8.97. The van der Waals surface area contributed by atoms with E-state index in [0.717, 1.165) is 5.56 Å². The lowest BCUT2D eigenvalue weighted by Crippen LogP contribution is -2.17. The summed E-state index contributed by atoms with van der Waals surface area (Å²) in [5, 5.41) is 0.494. The molecule has 0 aliphatic carbocycles. The third-order valence-corrected chi connectivity index (χ3v) is 1.89. The van der Waals surface area contributed by atoms with Crippen LogP contribution >= 0.6 is 11.6 Å². The van der Waals surface area contributed by atoms with E-state index in [-0.39, 0.29) is 13.0 Å². The highest BCUT2D eigenvalue weighted by atomic mass is 35.5. The number of alkyl halides is 1. The Hall–Kier alpha value is -0.670. The van der Waals surface area contributed by atoms with Gasteiger partial charge in [0, 0.05) is 25.4 Å². The standard InChI is InChI=1S/C8H10ClFN2/c9-8-5-12-2-1-6(8)3-7(10)4-11/h1-2,5,7H,3-4,11H2. The molecule has 1 rings (SSSR count). The van der Waals surface area contributed by atoms with Crippen molar-refractivity contribution in [2.24, 2.45) is 5.73 Å². The fraction of sp³-hybridized carbons (Fsp3) is 0.375. The van der Waals surface area contributed by atoms with Gasteiger partial charge in [0.05, 0.1) is 5.02 Å². The maximum Gasteiger partial charge on any atom is 0.116 e. The van der Waals surface area contributed by atoms with Crippen molar-refractivity contribution < 1.29 is 4.39 Å². The lowest BCUT2D eigenvalue weighted by Gasteiger charge is -2.05. The summed E-state index contributed by atoms with van der Waals surface area (Å²) in [6.45, 7) is 0.0264. The Bertz CT molecular complexity index is 255. The predicted octanol–water partition coefficient (Wildman–Crippen LogP) is 1.57. The Labute approximate surface area is 75.6 Å². The normalized spacial score (nSPS) is 12.9. The fourth-order valence-electron chi connectivity index (χ4n) is 0.891. The van der Waals surface area contributed by atoms with Gasteiger partial charge in [0.2, 0.25) is 0 Å². The smallest absolute Gasteiger partial charge is 0.116 e. The van der Waals surface area contributed by atoms with Crippen LogP contribution in [-0.4, -0.2) is 17.7 Å². The average molecular weight is 189 g/mol. The number of nitrogens with zero attached hydrogens (tertiary/aromatic N) is 1. The van der Waals surface area contributed by atoms with Crippen LogP contribution in [0.4, 0.5) is 4.39 Å². The monoisotopic (exact) mass is 188 g/mol. The molecule has 0 aromatic carbocycles. The summed E-state index contributed by atoms with van der Waals surface area (Å²) >= 11 is 5.76. The van der Waals surface area contributed by atoms with E-state index in [0.29, 0.717) is 5.02 Å². The van der Waals surface area contributed by atoms with Crippen molar-refractivity contribution in [2.45, 2.75) is 12.6 Å². The van der Waals surface area contributed by atoms with E-state index in [1.165, 1.54) is 6.20 Å². The minimum absolute atomic E-state index is 0.0264. The summed E-state index contributed by atoms with van der Waals surface area (Å²) in [6.07, 6.45) is 2.33. The van der Waals surface area contributed by atoms with Gasteiger partial charge < -0.3 is 5.73 Å². The molecule has 66 valence electrons. The van der Waals surface area contributed by atoms with Crippen LogP contribution in [-0.2, 0) is 6.42 Å². The highest BCUT2D eigenvalue weighted by Gasteiger charge is 2.07. The first-order valence-corrected chi connectivity index (χ1v) is 4.04. The number of nitrogens with two attached hydrogens (primary N) is 1. The quantitative estimate of drug-likeness (QED) is 0.782. The van der Waals surface area contributed by atoms with Crippen molar-refractivity contribution in [2.75, 3.05) is 6.54 Å². The van der Waals surface area contributed by atoms with E-state index in [4.69, 9.17) is 17.3 Å². The molecule has 0 bridgehead atoms. The van der Waals surface area contributed by atoms with Gasteiger partial charge in [0.1, 0.15) is 6.17 Å². The second-order valence-corrected chi connectivity index (χ2v) is 2.91. The van der Waals surface area contributed by atoms with Gasteiger partial charge in [0.25, 0.3) is 0 Å². The Morgan fingerprint density at radius 1 is 1.67 bits per heavy atom. The summed E-state index contributed by atoms with van der Waals surface area (Å²) in [4.78, 5) is 3.79. The molecule has 2 nitrogen and oxygen atoms in total. The number of hydrogen-bond donors (Lipinski definition) is 1. The molecule has 1 aromatic heterocycles. The van der Waals surface area contributed by atoms with Crippen molar-refractivity contribution >= 4 is 11.6 Å². The molecule has 1 atom stereocenters. The molecule has 0 aliphatic heterocycles. The molecule has 0 spiro atoms. The molecule has 4 heteroatoms. The summed E-state index contributed by atoms with van der Waals surface area (Å²) in [6, 6.07) is 1.70. The molecule has 12 heavy (non-hydrogen) atoms. The Morgan fingerprint density at radius 2 is 2.42 bits per heavy atom. The highest BCUT2D eigenvalue weighted by molar-refractivity contribution is 6.31. The Balaban J connectivity index is 2.69. The molecular formula is C8H10ClFN2. The minimum atomic E-state index is -1.02. The van der Waals surface area contributed by atoms with E-state index in [2.05, 4.69) is 4.98 Å². The molecule has 0 fully saturated rings. The van der Waals surface area contributed by atoms with Gasteiger partial charge in [-0.25, -0.2) is 4.39 Å². The Kier molecular flexibility index (Phi) is 3.44. The third-order valence-electron chi connectivity index (χ3n) is 1.55. The first kappa shape index (κ1) is 9.42. The maximum atomic E-state index is 12.8. The lowest BCUT2D eigenvalue weighted by molar-refractivity contribution is 0.340. The van der Waals surface area contributed by atoms with Gasteiger partial charge in [-0.05, 0) is 11.6 Å². The number of hydrogen-bond acceptors (Lipinski definition) is 2. The van der Waals surface area contributed by atoms with Gasteiger partial charge in [-0.1, -0.05) is 11.6 Å². The molecule has 0 saturated heterocycles. The van der Waals surface area contributed by atoms with Crippen molar-refractivity contribution in [3.8, 4) is 0 Å². The van der Waals surface area contributed by atoms with Gasteiger partial charge in [-0.2, -0.15) is 0 Å². The maximum absolute atomic E-state index is 12.8. The molecule has 0 saturated carbocycles. The molecule has 0 radical (unpaired) electrons. The molecule has 1 unspecified atom stereocenters. The highest BCUT2D eigenvalue weighted by Crippen LogP contribution is 2.15. The van der Waals surface area contributed by atoms with E-state index >= 15 is 0 Å². The van der Waals surface area contributed by atoms with Crippen molar-refractivity contribution in [1.82, 2.24) is 4.98 Å². The molecule has 2 N–H and O–H groups in total. The average Bonchev–Trinajstić information content (AvgIpc) is 2.09. The largest absolute Gasteiger partial charge is 0.328 e. The van der Waals surface area contributed by atoms with Gasteiger partial charge in [-0.15, -0.1) is 0 Å². The molecule has 0 aliphatic rings. The van der Waals surface area contributed by atoms with Crippen LogP contribution < -0.4 is 5.73 Å². The van der Waals surface area contributed by atoms with Crippen LogP contribution in [0.15, 0.2) is 18.5 Å². The van der Waals surface area contributed by atoms with Crippen LogP contribution in [0.2, 0.25) is 5.02 Å². The summed E-state index contributed by atoms with van der Waals surface area (Å²) < 4.78 is 12.8. The van der Waals surface area contributed by atoms with Gasteiger partial charge >= 0.3 is 0 Å². The number of pyridine rings is 1. The first-order valence-electron chi connectivity index (χ1n) is 3.66. The van der Waals surface area contributed by atoms with E-state index in [1.807, 2.05) is 0 Å². The lowest BCUT2D eigenvalue weighted by atomic mass is 10.1. The van der Waals surface area contributed by atoms with Gasteiger partial charge in [-0.3, -0.25) is 4.98 Å². The second kappa shape index (κ2) is 4.38. The molecular weight excluding hydrogens is 179 g/mol. The van der Waals surface area contributed by atoms with Crippen LogP contribution in [0.3, 0.4) is 0 Å². The fourth-order valence-corrected chi connectivity index (χ4v) is 1.09. The predicted molar refractivity (Wildman–Crippen MR) is 46.9 cm³/mol. The summed E-state index contributed by atoms with van der Waals surface area (Å²) in [7, 11) is 0. The van der Waals surface area contributed by atoms with Crippen molar-refractivity contribution in [3.05, 3.63) is 29.0 Å². The molecule has 1 aromatic rings. The second-order valence-electron chi connectivity index (χ2n) is 2.50.